The Hall–Kier alpha value is -3.08. The minimum Gasteiger partial charge on any atom is -0.456 e. The van der Waals surface area contributed by atoms with Gasteiger partial charge in [-0.2, -0.15) is 0 Å². The second-order valence-corrected chi connectivity index (χ2v) is 6.64. The Morgan fingerprint density at radius 2 is 1.52 bits per heavy atom. The minimum atomic E-state index is -0.629. The third kappa shape index (κ3) is 3.26. The number of benzene rings is 2. The van der Waals surface area contributed by atoms with Gasteiger partial charge in [-0.15, -0.1) is 0 Å². The van der Waals surface area contributed by atoms with Gasteiger partial charge in [0.2, 0.25) is 11.2 Å². The monoisotopic (exact) mass is 338 g/mol. The number of ether oxygens (including phenoxy) is 1. The van der Waals surface area contributed by atoms with E-state index in [4.69, 9.17) is 13.9 Å². The van der Waals surface area contributed by atoms with Crippen LogP contribution in [-0.2, 0) is 4.74 Å². The molecule has 5 heteroatoms. The van der Waals surface area contributed by atoms with E-state index < -0.39 is 11.6 Å². The van der Waals surface area contributed by atoms with Gasteiger partial charge in [0.1, 0.15) is 11.2 Å². The van der Waals surface area contributed by atoms with E-state index in [1.165, 1.54) is 6.07 Å². The van der Waals surface area contributed by atoms with E-state index in [1.807, 2.05) is 0 Å². The highest BCUT2D eigenvalue weighted by molar-refractivity contribution is 6.16. The van der Waals surface area contributed by atoms with Gasteiger partial charge in [0, 0.05) is 5.56 Å². The van der Waals surface area contributed by atoms with Crippen LogP contribution in [-0.4, -0.2) is 17.4 Å². The molecule has 0 fully saturated rings. The highest BCUT2D eigenvalue weighted by Gasteiger charge is 2.27. The van der Waals surface area contributed by atoms with E-state index in [2.05, 4.69) is 6.58 Å². The van der Waals surface area contributed by atoms with Crippen molar-refractivity contribution in [2.24, 2.45) is 0 Å². The molecule has 1 aromatic heterocycles. The first-order valence-corrected chi connectivity index (χ1v) is 7.82. The Kier molecular flexibility index (Phi) is 4.08. The molecule has 1 heterocycles. The molecule has 128 valence electrons. The van der Waals surface area contributed by atoms with Crippen molar-refractivity contribution < 1.29 is 23.5 Å². The van der Waals surface area contributed by atoms with Crippen LogP contribution in [0.4, 0.5) is 0 Å². The molecule has 0 N–H and O–H groups in total. The second-order valence-electron chi connectivity index (χ2n) is 6.64. The molecular weight excluding hydrogens is 320 g/mol. The molecule has 0 unspecified atom stereocenters. The molecule has 0 spiro atoms. The fraction of sp³-hybridized carbons (Fsp3) is 0.200. The zero-order chi connectivity index (χ0) is 18.2. The molecule has 0 aliphatic rings. The highest BCUT2D eigenvalue weighted by Crippen LogP contribution is 2.29. The predicted octanol–water partition coefficient (Wildman–Crippen LogP) is 4.86. The molecule has 5 nitrogen and oxygen atoms in total. The summed E-state index contributed by atoms with van der Waals surface area (Å²) in [5.41, 5.74) is 1.84. The zero-order valence-corrected chi connectivity index (χ0v) is 14.3. The van der Waals surface area contributed by atoms with Crippen LogP contribution in [0.15, 0.2) is 52.1 Å². The van der Waals surface area contributed by atoms with Crippen LogP contribution in [0.5, 0.6) is 0 Å². The molecule has 0 amide bonds. The van der Waals surface area contributed by atoms with Crippen molar-refractivity contribution in [3.8, 4) is 0 Å². The van der Waals surface area contributed by atoms with E-state index in [1.54, 1.807) is 57.2 Å². The summed E-state index contributed by atoms with van der Waals surface area (Å²) < 4.78 is 15.2. The maximum absolute atomic E-state index is 12.7. The summed E-state index contributed by atoms with van der Waals surface area (Å²) in [6.07, 6.45) is 1.70. The van der Waals surface area contributed by atoms with Crippen LogP contribution in [0.1, 0.15) is 52.6 Å². The molecular formula is C20H18O5. The third-order valence-corrected chi connectivity index (χ3v) is 3.59. The van der Waals surface area contributed by atoms with Crippen molar-refractivity contribution in [1.82, 2.24) is 0 Å². The van der Waals surface area contributed by atoms with Crippen molar-refractivity contribution in [2.45, 2.75) is 26.4 Å². The van der Waals surface area contributed by atoms with Gasteiger partial charge in [-0.1, -0.05) is 36.9 Å². The van der Waals surface area contributed by atoms with E-state index in [0.29, 0.717) is 11.1 Å². The van der Waals surface area contributed by atoms with E-state index >= 15 is 0 Å². The molecule has 0 aliphatic carbocycles. The van der Waals surface area contributed by atoms with Crippen molar-refractivity contribution in [1.29, 1.82) is 0 Å². The lowest BCUT2D eigenvalue weighted by atomic mass is 9.99. The van der Waals surface area contributed by atoms with E-state index in [9.17, 15) is 9.59 Å². The summed E-state index contributed by atoms with van der Waals surface area (Å²) in [7, 11) is 0. The lowest BCUT2D eigenvalue weighted by Gasteiger charge is -2.19. The molecule has 0 atom stereocenters. The Labute approximate surface area is 144 Å². The van der Waals surface area contributed by atoms with Crippen LogP contribution >= 0.6 is 0 Å². The molecule has 0 saturated heterocycles. The van der Waals surface area contributed by atoms with Crippen LogP contribution in [0.25, 0.3) is 17.2 Å². The minimum absolute atomic E-state index is 0.217. The summed E-state index contributed by atoms with van der Waals surface area (Å²) in [5, 5.41) is 0. The number of carbonyl (C=O) groups is 2. The second kappa shape index (κ2) is 6.09. The Morgan fingerprint density at radius 3 is 2.04 bits per heavy atom. The van der Waals surface area contributed by atoms with Gasteiger partial charge in [-0.05, 0) is 38.5 Å². The lowest BCUT2D eigenvalue weighted by Crippen LogP contribution is -2.24. The van der Waals surface area contributed by atoms with Gasteiger partial charge in [0.15, 0.2) is 5.78 Å². The molecule has 2 aromatic carbocycles. The number of hydrogen-bond acceptors (Lipinski definition) is 5. The summed E-state index contributed by atoms with van der Waals surface area (Å²) in [6.45, 7) is 9.02. The van der Waals surface area contributed by atoms with Crippen molar-refractivity contribution >= 4 is 29.0 Å². The molecule has 0 saturated carbocycles. The Bertz CT molecular complexity index is 948. The number of fused-ring (bicyclic) bond motifs is 1. The van der Waals surface area contributed by atoms with Crippen molar-refractivity contribution in [3.05, 3.63) is 65.2 Å². The molecule has 3 rings (SSSR count). The Balaban J connectivity index is 1.94. The van der Waals surface area contributed by atoms with Crippen LogP contribution < -0.4 is 0 Å². The van der Waals surface area contributed by atoms with Gasteiger partial charge >= 0.3 is 5.97 Å². The normalized spacial score (nSPS) is 11.5. The molecule has 0 aliphatic heterocycles. The summed E-state index contributed by atoms with van der Waals surface area (Å²) in [6, 6.07) is 10.1. The summed E-state index contributed by atoms with van der Waals surface area (Å²) >= 11 is 0. The number of hydrogen-bond donors (Lipinski definition) is 0. The van der Waals surface area contributed by atoms with Gasteiger partial charge < -0.3 is 4.74 Å². The molecule has 3 aromatic rings. The maximum atomic E-state index is 12.7. The first-order chi connectivity index (χ1) is 11.8. The first-order valence-electron chi connectivity index (χ1n) is 7.82. The third-order valence-electron chi connectivity index (χ3n) is 3.59. The number of carbonyl (C=O) groups excluding carboxylic acids is 2. The van der Waals surface area contributed by atoms with E-state index in [-0.39, 0.29) is 22.5 Å². The Morgan fingerprint density at radius 1 is 0.960 bits per heavy atom. The first kappa shape index (κ1) is 16.8. The van der Waals surface area contributed by atoms with Gasteiger partial charge in [-0.25, -0.2) is 4.79 Å². The standard InChI is InChI=1S/C20H18O5/c1-5-12-6-8-13(9-7-12)16(21)14-10-11-15(18-17(14)24-25-18)19(22)23-20(2,3)4/h5-11H,1H2,2-4H3. The molecule has 25 heavy (non-hydrogen) atoms. The van der Waals surface area contributed by atoms with Crippen LogP contribution in [0.3, 0.4) is 0 Å². The maximum Gasteiger partial charge on any atom is 0.342 e. The van der Waals surface area contributed by atoms with Gasteiger partial charge in [-0.3, -0.25) is 13.9 Å². The fourth-order valence-electron chi connectivity index (χ4n) is 2.38. The van der Waals surface area contributed by atoms with Crippen molar-refractivity contribution in [3.63, 3.8) is 0 Å². The molecule has 0 radical (unpaired) electrons. The summed E-state index contributed by atoms with van der Waals surface area (Å²) in [4.78, 5) is 24.9. The van der Waals surface area contributed by atoms with Crippen LogP contribution in [0, 0.1) is 0 Å². The lowest BCUT2D eigenvalue weighted by molar-refractivity contribution is 0.00555. The number of esters is 1. The smallest absolute Gasteiger partial charge is 0.342 e. The average molecular weight is 338 g/mol. The number of rotatable bonds is 4. The van der Waals surface area contributed by atoms with Gasteiger partial charge in [0.25, 0.3) is 0 Å². The highest BCUT2D eigenvalue weighted by atomic mass is 17.0. The van der Waals surface area contributed by atoms with Crippen molar-refractivity contribution in [2.75, 3.05) is 0 Å². The SMILES string of the molecule is C=Cc1ccc(C(=O)c2ccc(C(=O)OC(C)(C)C)c3ooc23)cc1. The summed E-state index contributed by atoms with van der Waals surface area (Å²) in [5.74, 6) is -0.743. The quantitative estimate of drug-likeness (QED) is 0.386. The fourth-order valence-corrected chi connectivity index (χ4v) is 2.38. The van der Waals surface area contributed by atoms with E-state index in [0.717, 1.165) is 5.56 Å². The molecule has 0 bridgehead atoms. The average Bonchev–Trinajstić information content (AvgIpc) is 2.53. The topological polar surface area (TPSA) is 69.7 Å². The van der Waals surface area contributed by atoms with Gasteiger partial charge in [0.05, 0.1) is 5.56 Å². The zero-order valence-electron chi connectivity index (χ0n) is 14.3. The van der Waals surface area contributed by atoms with Crippen LogP contribution in [0.2, 0.25) is 0 Å². The number of ketones is 1. The largest absolute Gasteiger partial charge is 0.456 e. The predicted molar refractivity (Wildman–Crippen MR) is 93.6 cm³/mol.